The van der Waals surface area contributed by atoms with E-state index in [-0.39, 0.29) is 51.2 Å². The van der Waals surface area contributed by atoms with Gasteiger partial charge in [0.2, 0.25) is 11.2 Å². The van der Waals surface area contributed by atoms with Crippen LogP contribution in [0.25, 0.3) is 22.3 Å². The van der Waals surface area contributed by atoms with Gasteiger partial charge in [0.1, 0.15) is 22.5 Å². The second-order valence-corrected chi connectivity index (χ2v) is 4.65. The van der Waals surface area contributed by atoms with Gasteiger partial charge >= 0.3 is 0 Å². The molecule has 0 aliphatic rings. The van der Waals surface area contributed by atoms with Crippen molar-refractivity contribution in [3.63, 3.8) is 0 Å². The highest BCUT2D eigenvalue weighted by atomic mass is 27.0. The van der Waals surface area contributed by atoms with Crippen molar-refractivity contribution >= 4 is 28.3 Å². The number of benzene rings is 2. The molecule has 3 rings (SSSR count). The van der Waals surface area contributed by atoms with Gasteiger partial charge in [-0.3, -0.25) is 4.79 Å². The van der Waals surface area contributed by atoms with Crippen molar-refractivity contribution < 1.29 is 29.9 Å². The maximum atomic E-state index is 12.1. The summed E-state index contributed by atoms with van der Waals surface area (Å²) in [4.78, 5) is 12.1. The summed E-state index contributed by atoms with van der Waals surface area (Å²) in [6, 6.07) is 5.64. The summed E-state index contributed by atoms with van der Waals surface area (Å²) in [5.74, 6) is -2.71. The predicted octanol–water partition coefficient (Wildman–Crippen LogP) is 0.804. The quantitative estimate of drug-likeness (QED) is 0.329. The lowest BCUT2D eigenvalue weighted by atomic mass is 10.1. The molecule has 5 N–H and O–H groups in total. The summed E-state index contributed by atoms with van der Waals surface area (Å²) in [6.45, 7) is 0. The first-order chi connectivity index (χ1) is 10.4. The lowest BCUT2D eigenvalue weighted by Gasteiger charge is -2.08. The molecule has 3 aromatic rings. The Kier molecular flexibility index (Phi) is 4.14. The largest absolute Gasteiger partial charge is 0.508 e. The van der Waals surface area contributed by atoms with Gasteiger partial charge in [0.15, 0.2) is 34.6 Å². The Morgan fingerprint density at radius 2 is 1.52 bits per heavy atom. The first-order valence-corrected chi connectivity index (χ1v) is 6.12. The third kappa shape index (κ3) is 2.66. The van der Waals surface area contributed by atoms with Crippen LogP contribution in [0.1, 0.15) is 0 Å². The van der Waals surface area contributed by atoms with E-state index in [1.165, 1.54) is 6.07 Å². The molecule has 0 unspecified atom stereocenters. The third-order valence-corrected chi connectivity index (χ3v) is 3.17. The Hall–Kier alpha value is -2.82. The zero-order valence-electron chi connectivity index (χ0n) is 10.9. The molecular weight excluding hydrogens is 319 g/mol. The minimum absolute atomic E-state index is 0. The van der Waals surface area contributed by atoms with Gasteiger partial charge in [0, 0.05) is 17.7 Å². The second-order valence-electron chi connectivity index (χ2n) is 4.65. The van der Waals surface area contributed by atoms with Crippen molar-refractivity contribution in [2.45, 2.75) is 0 Å². The van der Waals surface area contributed by atoms with Crippen LogP contribution in [0.5, 0.6) is 28.7 Å². The van der Waals surface area contributed by atoms with E-state index in [4.69, 9.17) is 4.42 Å². The summed E-state index contributed by atoms with van der Waals surface area (Å²) in [5.41, 5.74) is -0.890. The fourth-order valence-electron chi connectivity index (χ4n) is 2.14. The van der Waals surface area contributed by atoms with E-state index in [9.17, 15) is 30.3 Å². The normalized spacial score (nSPS) is 10.4. The van der Waals surface area contributed by atoms with Crippen LogP contribution < -0.4 is 5.43 Å². The van der Waals surface area contributed by atoms with Gasteiger partial charge in [-0.2, -0.15) is 0 Å². The van der Waals surface area contributed by atoms with Crippen LogP contribution in [0, 0.1) is 0 Å². The van der Waals surface area contributed by atoms with Crippen LogP contribution in [0.3, 0.4) is 0 Å². The summed E-state index contributed by atoms with van der Waals surface area (Å²) in [5, 5.41) is 47.6. The molecule has 23 heavy (non-hydrogen) atoms. The van der Waals surface area contributed by atoms with Gasteiger partial charge in [-0.05, 0) is 18.2 Å². The lowest BCUT2D eigenvalue weighted by Crippen LogP contribution is -2.02. The lowest BCUT2D eigenvalue weighted by molar-refractivity contribution is 0.403. The average Bonchev–Trinajstić information content (AvgIpc) is 2.45. The van der Waals surface area contributed by atoms with Crippen molar-refractivity contribution in [3.05, 3.63) is 40.6 Å². The van der Waals surface area contributed by atoms with E-state index >= 15 is 0 Å². The van der Waals surface area contributed by atoms with Crippen molar-refractivity contribution in [2.75, 3.05) is 0 Å². The first-order valence-electron chi connectivity index (χ1n) is 6.12. The van der Waals surface area contributed by atoms with Crippen molar-refractivity contribution in [1.82, 2.24) is 0 Å². The number of hydrogen-bond acceptors (Lipinski definition) is 7. The van der Waals surface area contributed by atoms with Crippen LogP contribution in [-0.4, -0.2) is 42.9 Å². The molecule has 0 saturated heterocycles. The molecule has 0 radical (unpaired) electrons. The molecule has 118 valence electrons. The Morgan fingerprint density at radius 1 is 0.826 bits per heavy atom. The Balaban J connectivity index is 0.00000192. The molecule has 0 atom stereocenters. The fraction of sp³-hybridized carbons (Fsp3) is 0. The maximum Gasteiger partial charge on any atom is 0.238 e. The molecular formula is C15H13AlO7. The molecule has 8 heteroatoms. The highest BCUT2D eigenvalue weighted by molar-refractivity contribution is 5.88. The zero-order chi connectivity index (χ0) is 16.0. The number of aromatic hydroxyl groups is 5. The molecule has 0 aliphatic heterocycles. The SMILES string of the molecule is O=c1c(O)c(-c2ccc(O)c(O)c2)oc2cc(O)cc(O)c12.[AlH3]. The topological polar surface area (TPSA) is 131 Å². The Bertz CT molecular complexity index is 962. The van der Waals surface area contributed by atoms with E-state index < -0.39 is 22.7 Å². The summed E-state index contributed by atoms with van der Waals surface area (Å²) in [7, 11) is 0. The number of rotatable bonds is 1. The van der Waals surface area contributed by atoms with E-state index in [0.29, 0.717) is 0 Å². The van der Waals surface area contributed by atoms with Crippen LogP contribution in [-0.2, 0) is 0 Å². The maximum absolute atomic E-state index is 12.1. The molecule has 0 aliphatic carbocycles. The number of fused-ring (bicyclic) bond motifs is 1. The summed E-state index contributed by atoms with van der Waals surface area (Å²) in [6.07, 6.45) is 0. The van der Waals surface area contributed by atoms with Gasteiger partial charge in [0.25, 0.3) is 0 Å². The number of hydrogen-bond donors (Lipinski definition) is 5. The highest BCUT2D eigenvalue weighted by Gasteiger charge is 2.19. The minimum Gasteiger partial charge on any atom is -0.508 e. The van der Waals surface area contributed by atoms with Crippen LogP contribution in [0.15, 0.2) is 39.5 Å². The van der Waals surface area contributed by atoms with Crippen LogP contribution in [0.4, 0.5) is 0 Å². The molecule has 0 spiro atoms. The first kappa shape index (κ1) is 16.6. The monoisotopic (exact) mass is 332 g/mol. The van der Waals surface area contributed by atoms with Gasteiger partial charge in [-0.1, -0.05) is 0 Å². The average molecular weight is 332 g/mol. The van der Waals surface area contributed by atoms with E-state index in [0.717, 1.165) is 24.3 Å². The van der Waals surface area contributed by atoms with Crippen LogP contribution >= 0.6 is 0 Å². The van der Waals surface area contributed by atoms with Crippen molar-refractivity contribution in [3.8, 4) is 40.1 Å². The predicted molar refractivity (Wildman–Crippen MR) is 86.2 cm³/mol. The molecule has 0 bridgehead atoms. The minimum atomic E-state index is -0.888. The van der Waals surface area contributed by atoms with Gasteiger partial charge in [-0.15, -0.1) is 0 Å². The zero-order valence-corrected chi connectivity index (χ0v) is 10.9. The van der Waals surface area contributed by atoms with Crippen LogP contribution in [0.2, 0.25) is 0 Å². The van der Waals surface area contributed by atoms with Gasteiger partial charge in [-0.25, -0.2) is 0 Å². The van der Waals surface area contributed by atoms with Crippen molar-refractivity contribution in [1.29, 1.82) is 0 Å². The van der Waals surface area contributed by atoms with Gasteiger partial charge in [0.05, 0.1) is 0 Å². The molecule has 0 fully saturated rings. The van der Waals surface area contributed by atoms with E-state index in [2.05, 4.69) is 0 Å². The van der Waals surface area contributed by atoms with E-state index in [1.54, 1.807) is 0 Å². The summed E-state index contributed by atoms with van der Waals surface area (Å²) >= 11 is 0. The smallest absolute Gasteiger partial charge is 0.238 e. The fourth-order valence-corrected chi connectivity index (χ4v) is 2.14. The Labute approximate surface area is 139 Å². The van der Waals surface area contributed by atoms with Gasteiger partial charge < -0.3 is 29.9 Å². The molecule has 1 aromatic heterocycles. The highest BCUT2D eigenvalue weighted by Crippen LogP contribution is 2.37. The van der Waals surface area contributed by atoms with Crippen molar-refractivity contribution in [2.24, 2.45) is 0 Å². The molecule has 7 nitrogen and oxygen atoms in total. The molecule has 2 aromatic carbocycles. The second kappa shape index (κ2) is 5.76. The summed E-state index contributed by atoms with van der Waals surface area (Å²) < 4.78 is 5.35. The number of phenols is 4. The standard InChI is InChI=1S/C15H10O7.Al.3H/c16-7-4-10(19)12-11(5-7)22-15(14(21)13(12)20)6-1-2-8(17)9(18)3-6;;;;/h1-5,16-19,21H;;;;. The number of phenolic OH excluding ortho intramolecular Hbond substituents is 4. The molecule has 0 amide bonds. The molecule has 1 heterocycles. The molecule has 0 saturated carbocycles. The van der Waals surface area contributed by atoms with E-state index in [1.807, 2.05) is 0 Å². The third-order valence-electron chi connectivity index (χ3n) is 3.17. The Morgan fingerprint density at radius 3 is 2.17 bits per heavy atom.